The molecule has 170 valence electrons. The molecule has 1 N–H and O–H groups in total. The Labute approximate surface area is 188 Å². The van der Waals surface area contributed by atoms with Gasteiger partial charge in [0.2, 0.25) is 0 Å². The van der Waals surface area contributed by atoms with Crippen LogP contribution in [-0.4, -0.2) is 24.1 Å². The molecule has 0 spiro atoms. The van der Waals surface area contributed by atoms with Crippen LogP contribution >= 0.6 is 0 Å². The zero-order valence-electron chi connectivity index (χ0n) is 18.8. The van der Waals surface area contributed by atoms with E-state index in [9.17, 15) is 18.3 Å². The van der Waals surface area contributed by atoms with Crippen molar-refractivity contribution >= 4 is 18.8 Å². The number of halogens is 3. The summed E-state index contributed by atoms with van der Waals surface area (Å²) in [5.74, 6) is 0.468. The highest BCUT2D eigenvalue weighted by atomic mass is 19.4. The highest BCUT2D eigenvalue weighted by Gasteiger charge is 2.37. The van der Waals surface area contributed by atoms with Gasteiger partial charge >= 0.3 is 6.18 Å². The van der Waals surface area contributed by atoms with E-state index < -0.39 is 22.8 Å². The van der Waals surface area contributed by atoms with Gasteiger partial charge in [-0.05, 0) is 63.4 Å². The van der Waals surface area contributed by atoms with Crippen molar-refractivity contribution in [3.8, 4) is 17.1 Å². The highest BCUT2D eigenvalue weighted by molar-refractivity contribution is 6.15. The SMILES string of the molecule is [B]C(C)(Oc1ccc2cc(-c3ccc(CCCCC)cc3C(F)(F)F)oc2c1)C(C)(C)O. The van der Waals surface area contributed by atoms with E-state index in [1.165, 1.54) is 26.0 Å². The molecular formula is C25H28BF3O3. The summed E-state index contributed by atoms with van der Waals surface area (Å²) in [6.45, 7) is 6.66. The Morgan fingerprint density at radius 1 is 1.00 bits per heavy atom. The standard InChI is InChI=1S/C25H28BF3O3/c1-5-6-7-8-16-9-12-19(20(13-16)25(27,28)29)22-14-17-10-11-18(15-21(17)31-22)32-24(4,26)23(2,3)30/h9-15,30H,5-8H2,1-4H3. The average Bonchev–Trinajstić information content (AvgIpc) is 3.09. The fourth-order valence-electron chi connectivity index (χ4n) is 3.35. The van der Waals surface area contributed by atoms with Gasteiger partial charge in [-0.1, -0.05) is 31.9 Å². The van der Waals surface area contributed by atoms with Crippen molar-refractivity contribution in [3.63, 3.8) is 0 Å². The Morgan fingerprint density at radius 2 is 1.72 bits per heavy atom. The van der Waals surface area contributed by atoms with E-state index in [1.54, 1.807) is 37.3 Å². The maximum atomic E-state index is 13.8. The first kappa shape index (κ1) is 24.2. The third-order valence-electron chi connectivity index (χ3n) is 5.76. The summed E-state index contributed by atoms with van der Waals surface area (Å²) in [4.78, 5) is 0. The number of benzene rings is 2. The van der Waals surface area contributed by atoms with Crippen molar-refractivity contribution in [2.45, 2.75) is 70.7 Å². The van der Waals surface area contributed by atoms with Crippen LogP contribution in [0, 0.1) is 0 Å². The number of fused-ring (bicyclic) bond motifs is 1. The molecule has 0 saturated carbocycles. The molecule has 7 heteroatoms. The number of unbranched alkanes of at least 4 members (excludes halogenated alkanes) is 2. The Balaban J connectivity index is 1.97. The van der Waals surface area contributed by atoms with Crippen LogP contribution in [0.5, 0.6) is 5.75 Å². The first-order valence-electron chi connectivity index (χ1n) is 10.8. The summed E-state index contributed by atoms with van der Waals surface area (Å²) in [6.07, 6.45) is -1.06. The molecule has 32 heavy (non-hydrogen) atoms. The second-order valence-corrected chi connectivity index (χ2v) is 8.91. The molecule has 0 aliphatic heterocycles. The summed E-state index contributed by atoms with van der Waals surface area (Å²) < 4.78 is 53.0. The molecule has 2 radical (unpaired) electrons. The minimum atomic E-state index is -4.50. The van der Waals surface area contributed by atoms with Crippen LogP contribution < -0.4 is 4.74 Å². The number of hydrogen-bond donors (Lipinski definition) is 1. The molecule has 1 heterocycles. The lowest BCUT2D eigenvalue weighted by atomic mass is 9.71. The topological polar surface area (TPSA) is 42.6 Å². The first-order valence-corrected chi connectivity index (χ1v) is 10.8. The summed E-state index contributed by atoms with van der Waals surface area (Å²) in [7, 11) is 6.06. The lowest BCUT2D eigenvalue weighted by Crippen LogP contribution is -2.52. The van der Waals surface area contributed by atoms with Gasteiger partial charge in [-0.2, -0.15) is 13.2 Å². The Bertz CT molecular complexity index is 1080. The van der Waals surface area contributed by atoms with Gasteiger partial charge in [-0.3, -0.25) is 0 Å². The van der Waals surface area contributed by atoms with Crippen molar-refractivity contribution in [2.24, 2.45) is 0 Å². The van der Waals surface area contributed by atoms with Gasteiger partial charge < -0.3 is 14.3 Å². The van der Waals surface area contributed by atoms with Gasteiger partial charge in [-0.25, -0.2) is 0 Å². The molecule has 0 fully saturated rings. The fourth-order valence-corrected chi connectivity index (χ4v) is 3.35. The summed E-state index contributed by atoms with van der Waals surface area (Å²) >= 11 is 0. The minimum Gasteiger partial charge on any atom is -0.495 e. The quantitative estimate of drug-likeness (QED) is 0.304. The number of aryl methyl sites for hydroxylation is 1. The summed E-state index contributed by atoms with van der Waals surface area (Å²) in [5.41, 5.74) is -2.39. The van der Waals surface area contributed by atoms with E-state index in [4.69, 9.17) is 17.0 Å². The third kappa shape index (κ3) is 5.32. The smallest absolute Gasteiger partial charge is 0.417 e. The largest absolute Gasteiger partial charge is 0.495 e. The van der Waals surface area contributed by atoms with Gasteiger partial charge in [0.05, 0.1) is 16.7 Å². The van der Waals surface area contributed by atoms with Crippen molar-refractivity contribution in [3.05, 3.63) is 53.6 Å². The number of hydrogen-bond acceptors (Lipinski definition) is 3. The highest BCUT2D eigenvalue weighted by Crippen LogP contribution is 2.40. The van der Waals surface area contributed by atoms with Crippen LogP contribution in [0.3, 0.4) is 0 Å². The predicted molar refractivity (Wildman–Crippen MR) is 121 cm³/mol. The van der Waals surface area contributed by atoms with Crippen LogP contribution in [0.15, 0.2) is 46.9 Å². The van der Waals surface area contributed by atoms with Crippen LogP contribution in [0.25, 0.3) is 22.3 Å². The van der Waals surface area contributed by atoms with Gasteiger partial charge in [0.15, 0.2) is 0 Å². The zero-order chi connectivity index (χ0) is 23.7. The normalized spacial score (nSPS) is 14.5. The van der Waals surface area contributed by atoms with Crippen molar-refractivity contribution in [1.82, 2.24) is 0 Å². The molecule has 0 aliphatic rings. The van der Waals surface area contributed by atoms with Crippen molar-refractivity contribution < 1.29 is 27.4 Å². The molecule has 2 aromatic carbocycles. The molecule has 3 nitrogen and oxygen atoms in total. The average molecular weight is 444 g/mol. The van der Waals surface area contributed by atoms with Crippen molar-refractivity contribution in [2.75, 3.05) is 0 Å². The van der Waals surface area contributed by atoms with E-state index in [-0.39, 0.29) is 11.3 Å². The fraction of sp³-hybridized carbons (Fsp3) is 0.440. The second kappa shape index (κ2) is 8.85. The molecule has 0 aliphatic carbocycles. The Hall–Kier alpha value is -2.41. The van der Waals surface area contributed by atoms with Gasteiger partial charge in [0.1, 0.15) is 24.9 Å². The van der Waals surface area contributed by atoms with Crippen LogP contribution in [0.4, 0.5) is 13.2 Å². The molecular weight excluding hydrogens is 416 g/mol. The van der Waals surface area contributed by atoms with Gasteiger partial charge in [0, 0.05) is 17.0 Å². The van der Waals surface area contributed by atoms with Crippen LogP contribution in [0.1, 0.15) is 58.1 Å². The summed E-state index contributed by atoms with van der Waals surface area (Å²) in [5, 5.41) is 10.8. The number of rotatable bonds is 8. The minimum absolute atomic E-state index is 0.00411. The van der Waals surface area contributed by atoms with E-state index in [0.717, 1.165) is 19.3 Å². The Morgan fingerprint density at radius 3 is 2.34 bits per heavy atom. The number of furan rings is 1. The number of ether oxygens (including phenoxy) is 1. The molecule has 0 bridgehead atoms. The molecule has 0 amide bonds. The van der Waals surface area contributed by atoms with E-state index in [1.807, 2.05) is 0 Å². The van der Waals surface area contributed by atoms with E-state index >= 15 is 0 Å². The molecule has 0 saturated heterocycles. The Kier molecular flexibility index (Phi) is 6.71. The van der Waals surface area contributed by atoms with Crippen LogP contribution in [-0.2, 0) is 12.6 Å². The molecule has 1 atom stereocenters. The third-order valence-corrected chi connectivity index (χ3v) is 5.76. The maximum Gasteiger partial charge on any atom is 0.417 e. The lowest BCUT2D eigenvalue weighted by molar-refractivity contribution is -0.137. The summed E-state index contributed by atoms with van der Waals surface area (Å²) in [6, 6.07) is 10.9. The molecule has 3 aromatic rings. The molecule has 1 unspecified atom stereocenters. The first-order chi connectivity index (χ1) is 14.8. The lowest BCUT2D eigenvalue weighted by Gasteiger charge is -2.38. The van der Waals surface area contributed by atoms with Crippen molar-refractivity contribution in [1.29, 1.82) is 0 Å². The second-order valence-electron chi connectivity index (χ2n) is 8.91. The number of aliphatic hydroxyl groups is 1. The van der Waals surface area contributed by atoms with E-state index in [0.29, 0.717) is 28.7 Å². The number of alkyl halides is 3. The predicted octanol–water partition coefficient (Wildman–Crippen LogP) is 6.89. The van der Waals surface area contributed by atoms with E-state index in [2.05, 4.69) is 6.92 Å². The zero-order valence-corrected chi connectivity index (χ0v) is 18.8. The van der Waals surface area contributed by atoms with Crippen LogP contribution in [0.2, 0.25) is 0 Å². The maximum absolute atomic E-state index is 13.8. The van der Waals surface area contributed by atoms with Gasteiger partial charge in [-0.15, -0.1) is 0 Å². The van der Waals surface area contributed by atoms with Gasteiger partial charge in [0.25, 0.3) is 0 Å². The monoisotopic (exact) mass is 444 g/mol. The molecule has 1 aromatic heterocycles. The molecule has 3 rings (SSSR count).